The van der Waals surface area contributed by atoms with Gasteiger partial charge in [-0.25, -0.2) is 0 Å². The van der Waals surface area contributed by atoms with Crippen molar-refractivity contribution in [3.8, 4) is 0 Å². The van der Waals surface area contributed by atoms with Crippen LogP contribution in [0.4, 0.5) is 0 Å². The number of nitrogens with zero attached hydrogens (tertiary/aromatic N) is 2. The SMILES string of the molecule is CN1CCN([C@H]2Cc3ccccc3Sc3ccccc32)CC1. The molecule has 2 heterocycles. The van der Waals surface area contributed by atoms with Crippen LogP contribution in [0, 0.1) is 0 Å². The summed E-state index contributed by atoms with van der Waals surface area (Å²) in [5.74, 6) is 0. The fourth-order valence-electron chi connectivity index (χ4n) is 3.52. The van der Waals surface area contributed by atoms with Crippen molar-refractivity contribution in [3.05, 3.63) is 59.7 Å². The van der Waals surface area contributed by atoms with E-state index in [9.17, 15) is 0 Å². The number of fused-ring (bicyclic) bond motifs is 2. The van der Waals surface area contributed by atoms with Gasteiger partial charge in [0.15, 0.2) is 0 Å². The first-order chi connectivity index (χ1) is 10.8. The molecule has 0 spiro atoms. The minimum absolute atomic E-state index is 0.515. The lowest BCUT2D eigenvalue weighted by atomic mass is 9.97. The van der Waals surface area contributed by atoms with Crippen LogP contribution in [0.3, 0.4) is 0 Å². The Hall–Kier alpha value is -1.29. The standard InChI is InChI=1S/C19H22N2S/c1-20-10-12-21(13-11-20)17-14-15-6-2-4-8-18(15)22-19-9-5-3-7-16(17)19/h2-9,17H,10-14H2,1H3/t17-/m0/s1. The van der Waals surface area contributed by atoms with E-state index < -0.39 is 0 Å². The molecule has 0 unspecified atom stereocenters. The van der Waals surface area contributed by atoms with Crippen LogP contribution in [0.25, 0.3) is 0 Å². The van der Waals surface area contributed by atoms with Crippen LogP contribution in [0.2, 0.25) is 0 Å². The van der Waals surface area contributed by atoms with Crippen LogP contribution < -0.4 is 0 Å². The summed E-state index contributed by atoms with van der Waals surface area (Å²) in [5, 5.41) is 0. The summed E-state index contributed by atoms with van der Waals surface area (Å²) in [6, 6.07) is 18.4. The van der Waals surface area contributed by atoms with Gasteiger partial charge in [0.25, 0.3) is 0 Å². The predicted molar refractivity (Wildman–Crippen MR) is 92.5 cm³/mol. The minimum Gasteiger partial charge on any atom is -0.304 e. The molecule has 2 aromatic rings. The van der Waals surface area contributed by atoms with Gasteiger partial charge in [0.05, 0.1) is 0 Å². The summed E-state index contributed by atoms with van der Waals surface area (Å²) in [4.78, 5) is 7.96. The van der Waals surface area contributed by atoms with E-state index in [1.807, 2.05) is 11.8 Å². The fraction of sp³-hybridized carbons (Fsp3) is 0.368. The van der Waals surface area contributed by atoms with Gasteiger partial charge in [-0.15, -0.1) is 0 Å². The Bertz CT molecular complexity index is 662. The number of benzene rings is 2. The van der Waals surface area contributed by atoms with Crippen molar-refractivity contribution in [1.82, 2.24) is 9.80 Å². The molecular weight excluding hydrogens is 288 g/mol. The van der Waals surface area contributed by atoms with Gasteiger partial charge in [-0.05, 0) is 36.7 Å². The van der Waals surface area contributed by atoms with E-state index in [1.54, 1.807) is 0 Å². The van der Waals surface area contributed by atoms with E-state index in [1.165, 1.54) is 47.1 Å². The van der Waals surface area contributed by atoms with E-state index in [4.69, 9.17) is 0 Å². The van der Waals surface area contributed by atoms with Crippen molar-refractivity contribution in [2.24, 2.45) is 0 Å². The normalized spacial score (nSPS) is 22.7. The molecule has 114 valence electrons. The monoisotopic (exact) mass is 310 g/mol. The van der Waals surface area contributed by atoms with E-state index in [0.717, 1.165) is 6.42 Å². The van der Waals surface area contributed by atoms with Crippen molar-refractivity contribution >= 4 is 11.8 Å². The lowest BCUT2D eigenvalue weighted by Crippen LogP contribution is -2.46. The zero-order valence-corrected chi connectivity index (χ0v) is 13.9. The van der Waals surface area contributed by atoms with Crippen molar-refractivity contribution in [2.45, 2.75) is 22.3 Å². The van der Waals surface area contributed by atoms with Gasteiger partial charge in [-0.2, -0.15) is 0 Å². The lowest BCUT2D eigenvalue weighted by Gasteiger charge is -2.38. The molecule has 0 N–H and O–H groups in total. The molecule has 0 saturated carbocycles. The van der Waals surface area contributed by atoms with Gasteiger partial charge < -0.3 is 4.90 Å². The molecule has 0 aromatic heterocycles. The third-order valence-corrected chi connectivity index (χ3v) is 6.07. The Morgan fingerprint density at radius 3 is 2.36 bits per heavy atom. The molecule has 1 atom stereocenters. The van der Waals surface area contributed by atoms with Crippen molar-refractivity contribution in [1.29, 1.82) is 0 Å². The molecule has 0 bridgehead atoms. The van der Waals surface area contributed by atoms with E-state index in [-0.39, 0.29) is 0 Å². The molecule has 0 aliphatic carbocycles. The summed E-state index contributed by atoms with van der Waals surface area (Å²) in [6.45, 7) is 4.69. The maximum Gasteiger partial charge on any atom is 0.0401 e. The molecule has 2 nitrogen and oxygen atoms in total. The fourth-order valence-corrected chi connectivity index (χ4v) is 4.65. The zero-order chi connectivity index (χ0) is 14.9. The molecule has 0 amide bonds. The number of likely N-dealkylation sites (N-methyl/N-ethyl adjacent to an activating group) is 1. The van der Waals surface area contributed by atoms with Gasteiger partial charge in [-0.3, -0.25) is 4.90 Å². The van der Waals surface area contributed by atoms with E-state index in [0.29, 0.717) is 6.04 Å². The Balaban J connectivity index is 1.73. The molecule has 4 rings (SSSR count). The molecule has 2 aliphatic rings. The van der Waals surface area contributed by atoms with Crippen LogP contribution in [0.15, 0.2) is 58.3 Å². The Morgan fingerprint density at radius 1 is 0.864 bits per heavy atom. The van der Waals surface area contributed by atoms with Crippen LogP contribution in [-0.4, -0.2) is 43.0 Å². The smallest absolute Gasteiger partial charge is 0.0401 e. The van der Waals surface area contributed by atoms with Gasteiger partial charge in [-0.1, -0.05) is 48.2 Å². The lowest BCUT2D eigenvalue weighted by molar-refractivity contribution is 0.110. The third kappa shape index (κ3) is 2.69. The topological polar surface area (TPSA) is 6.48 Å². The highest BCUT2D eigenvalue weighted by Gasteiger charge is 2.28. The number of piperazine rings is 1. The second-order valence-electron chi connectivity index (χ2n) is 6.31. The Morgan fingerprint density at radius 2 is 1.55 bits per heavy atom. The molecule has 1 saturated heterocycles. The highest BCUT2D eigenvalue weighted by Crippen LogP contribution is 2.42. The first-order valence-electron chi connectivity index (χ1n) is 8.08. The maximum atomic E-state index is 2.68. The van der Waals surface area contributed by atoms with Gasteiger partial charge in [0, 0.05) is 42.0 Å². The first kappa shape index (κ1) is 14.3. The molecule has 0 radical (unpaired) electrons. The summed E-state index contributed by atoms with van der Waals surface area (Å²) < 4.78 is 0. The summed E-state index contributed by atoms with van der Waals surface area (Å²) in [7, 11) is 2.23. The predicted octanol–water partition coefficient (Wildman–Crippen LogP) is 3.68. The van der Waals surface area contributed by atoms with E-state index in [2.05, 4.69) is 65.4 Å². The quantitative estimate of drug-likeness (QED) is 0.793. The number of hydrogen-bond acceptors (Lipinski definition) is 3. The van der Waals surface area contributed by atoms with Crippen LogP contribution >= 0.6 is 11.8 Å². The number of hydrogen-bond donors (Lipinski definition) is 0. The van der Waals surface area contributed by atoms with Crippen molar-refractivity contribution in [3.63, 3.8) is 0 Å². The largest absolute Gasteiger partial charge is 0.304 e. The first-order valence-corrected chi connectivity index (χ1v) is 8.90. The molecule has 2 aliphatic heterocycles. The van der Waals surface area contributed by atoms with Gasteiger partial charge in [0.1, 0.15) is 0 Å². The summed E-state index contributed by atoms with van der Waals surface area (Å²) >= 11 is 1.93. The van der Waals surface area contributed by atoms with Crippen LogP contribution in [-0.2, 0) is 6.42 Å². The molecule has 22 heavy (non-hydrogen) atoms. The van der Waals surface area contributed by atoms with Crippen LogP contribution in [0.5, 0.6) is 0 Å². The minimum atomic E-state index is 0.515. The average molecular weight is 310 g/mol. The van der Waals surface area contributed by atoms with Crippen molar-refractivity contribution < 1.29 is 0 Å². The van der Waals surface area contributed by atoms with Gasteiger partial charge in [0.2, 0.25) is 0 Å². The summed E-state index contributed by atoms with van der Waals surface area (Å²) in [6.07, 6.45) is 1.13. The molecular formula is C19H22N2S. The maximum absolute atomic E-state index is 2.68. The zero-order valence-electron chi connectivity index (χ0n) is 13.0. The average Bonchev–Trinajstić information content (AvgIpc) is 2.72. The van der Waals surface area contributed by atoms with Crippen LogP contribution in [0.1, 0.15) is 17.2 Å². The van der Waals surface area contributed by atoms with E-state index >= 15 is 0 Å². The number of rotatable bonds is 1. The second kappa shape index (κ2) is 6.07. The Labute approximate surface area is 137 Å². The molecule has 3 heteroatoms. The molecule has 2 aromatic carbocycles. The highest BCUT2D eigenvalue weighted by atomic mass is 32.2. The highest BCUT2D eigenvalue weighted by molar-refractivity contribution is 7.99. The summed E-state index contributed by atoms with van der Waals surface area (Å²) in [5.41, 5.74) is 3.00. The van der Waals surface area contributed by atoms with Gasteiger partial charge >= 0.3 is 0 Å². The Kier molecular flexibility index (Phi) is 3.95. The van der Waals surface area contributed by atoms with Crippen molar-refractivity contribution in [2.75, 3.05) is 33.2 Å². The molecule has 1 fully saturated rings. The second-order valence-corrected chi connectivity index (χ2v) is 7.39. The third-order valence-electron chi connectivity index (χ3n) is 4.86.